The Labute approximate surface area is 140 Å². The molecule has 7 heteroatoms. The van der Waals surface area contributed by atoms with Gasteiger partial charge in [-0.1, -0.05) is 0 Å². The third-order valence-corrected chi connectivity index (χ3v) is 3.79. The van der Waals surface area contributed by atoms with Crippen molar-refractivity contribution in [2.24, 2.45) is 5.73 Å². The molecule has 2 aromatic rings. The lowest BCUT2D eigenvalue weighted by Gasteiger charge is -2.18. The zero-order valence-corrected chi connectivity index (χ0v) is 13.8. The fraction of sp³-hybridized carbons (Fsp3) is 0.412. The van der Waals surface area contributed by atoms with Crippen LogP contribution in [0.3, 0.4) is 0 Å². The van der Waals surface area contributed by atoms with Gasteiger partial charge in [0.2, 0.25) is 11.8 Å². The van der Waals surface area contributed by atoms with Gasteiger partial charge in [-0.3, -0.25) is 9.59 Å². The van der Waals surface area contributed by atoms with Crippen LogP contribution in [0.1, 0.15) is 25.3 Å². The molecule has 0 saturated carbocycles. The van der Waals surface area contributed by atoms with Gasteiger partial charge < -0.3 is 26.5 Å². The van der Waals surface area contributed by atoms with Crippen LogP contribution in [0.15, 0.2) is 24.4 Å². The first-order chi connectivity index (χ1) is 11.5. The number of nitrogens with two attached hydrogens (primary N) is 1. The average molecular weight is 332 g/mol. The number of aromatic amines is 1. The maximum Gasteiger partial charge on any atom is 0.242 e. The van der Waals surface area contributed by atoms with Gasteiger partial charge in [0.05, 0.1) is 0 Å². The largest absolute Gasteiger partial charge is 0.508 e. The topological polar surface area (TPSA) is 120 Å². The smallest absolute Gasteiger partial charge is 0.242 e. The first kappa shape index (κ1) is 17.8. The predicted octanol–water partition coefficient (Wildman–Crippen LogP) is 0.776. The van der Waals surface area contributed by atoms with E-state index in [0.717, 1.165) is 16.5 Å². The SMILES string of the molecule is CCNC(=O)C(Cc1c[nH]c2ccc(O)cc12)NC(=O)CCCN. The molecule has 1 heterocycles. The number of rotatable bonds is 8. The number of carbonyl (C=O) groups excluding carboxylic acids is 2. The highest BCUT2D eigenvalue weighted by molar-refractivity contribution is 5.89. The second kappa shape index (κ2) is 8.35. The van der Waals surface area contributed by atoms with E-state index in [9.17, 15) is 14.7 Å². The van der Waals surface area contributed by atoms with E-state index in [-0.39, 0.29) is 17.6 Å². The Balaban J connectivity index is 2.18. The van der Waals surface area contributed by atoms with Crippen LogP contribution in [-0.4, -0.2) is 41.0 Å². The monoisotopic (exact) mass is 332 g/mol. The molecule has 130 valence electrons. The van der Waals surface area contributed by atoms with Crippen LogP contribution in [0.25, 0.3) is 10.9 Å². The fourth-order valence-corrected chi connectivity index (χ4v) is 2.59. The molecule has 6 N–H and O–H groups in total. The highest BCUT2D eigenvalue weighted by Crippen LogP contribution is 2.24. The molecule has 0 saturated heterocycles. The Morgan fingerprint density at radius 1 is 1.38 bits per heavy atom. The first-order valence-electron chi connectivity index (χ1n) is 8.11. The van der Waals surface area contributed by atoms with Crippen LogP contribution in [0.5, 0.6) is 5.75 Å². The molecule has 0 aliphatic rings. The molecule has 1 aromatic heterocycles. The predicted molar refractivity (Wildman–Crippen MR) is 92.6 cm³/mol. The summed E-state index contributed by atoms with van der Waals surface area (Å²) in [6.07, 6.45) is 3.00. The number of fused-ring (bicyclic) bond motifs is 1. The zero-order chi connectivity index (χ0) is 17.5. The quantitative estimate of drug-likeness (QED) is 0.490. The normalized spacial score (nSPS) is 12.1. The molecule has 2 rings (SSSR count). The Morgan fingerprint density at radius 3 is 2.88 bits per heavy atom. The number of hydrogen-bond acceptors (Lipinski definition) is 4. The molecule has 7 nitrogen and oxygen atoms in total. The van der Waals surface area contributed by atoms with E-state index < -0.39 is 6.04 Å². The number of carbonyl (C=O) groups is 2. The van der Waals surface area contributed by atoms with Gasteiger partial charge in [0.1, 0.15) is 11.8 Å². The van der Waals surface area contributed by atoms with Crippen molar-refractivity contribution < 1.29 is 14.7 Å². The molecule has 1 aromatic carbocycles. The third kappa shape index (κ3) is 4.48. The number of likely N-dealkylation sites (N-methyl/N-ethyl adjacent to an activating group) is 1. The first-order valence-corrected chi connectivity index (χ1v) is 8.11. The number of amides is 2. The van der Waals surface area contributed by atoms with Gasteiger partial charge in [0.15, 0.2) is 0 Å². The number of benzene rings is 1. The number of aromatic nitrogens is 1. The van der Waals surface area contributed by atoms with Gasteiger partial charge in [-0.25, -0.2) is 0 Å². The summed E-state index contributed by atoms with van der Waals surface area (Å²) < 4.78 is 0. The van der Waals surface area contributed by atoms with Crippen molar-refractivity contribution >= 4 is 22.7 Å². The summed E-state index contributed by atoms with van der Waals surface area (Å²) in [5, 5.41) is 16.0. The standard InChI is InChI=1S/C17H24N4O3/c1-2-19-17(24)15(21-16(23)4-3-7-18)8-11-10-20-14-6-5-12(22)9-13(11)14/h5-6,9-10,15,20,22H,2-4,7-8,18H2,1H3,(H,19,24)(H,21,23). The van der Waals surface area contributed by atoms with E-state index in [1.807, 2.05) is 6.92 Å². The summed E-state index contributed by atoms with van der Waals surface area (Å²) in [6.45, 7) is 2.75. The van der Waals surface area contributed by atoms with Crippen molar-refractivity contribution in [2.45, 2.75) is 32.2 Å². The molecule has 0 aliphatic carbocycles. The number of hydrogen-bond donors (Lipinski definition) is 5. The lowest BCUT2D eigenvalue weighted by atomic mass is 10.0. The molecular weight excluding hydrogens is 308 g/mol. The van der Waals surface area contributed by atoms with E-state index in [1.54, 1.807) is 24.4 Å². The fourth-order valence-electron chi connectivity index (χ4n) is 2.59. The zero-order valence-electron chi connectivity index (χ0n) is 13.8. The van der Waals surface area contributed by atoms with Gasteiger partial charge in [-0.05, 0) is 43.7 Å². The number of phenols is 1. The molecule has 0 fully saturated rings. The average Bonchev–Trinajstić information content (AvgIpc) is 2.94. The second-order valence-corrected chi connectivity index (χ2v) is 5.65. The van der Waals surface area contributed by atoms with E-state index in [0.29, 0.717) is 32.4 Å². The van der Waals surface area contributed by atoms with Crippen LogP contribution < -0.4 is 16.4 Å². The number of nitrogens with one attached hydrogen (secondary N) is 3. The van der Waals surface area contributed by atoms with Crippen molar-refractivity contribution in [2.75, 3.05) is 13.1 Å². The van der Waals surface area contributed by atoms with Crippen molar-refractivity contribution in [3.05, 3.63) is 30.0 Å². The Kier molecular flexibility index (Phi) is 6.20. The van der Waals surface area contributed by atoms with Crippen molar-refractivity contribution in [3.63, 3.8) is 0 Å². The van der Waals surface area contributed by atoms with Gasteiger partial charge in [0.25, 0.3) is 0 Å². The Bertz CT molecular complexity index is 711. The minimum atomic E-state index is -0.670. The van der Waals surface area contributed by atoms with Crippen molar-refractivity contribution in [1.82, 2.24) is 15.6 Å². The number of phenolic OH excluding ortho intramolecular Hbond substituents is 1. The summed E-state index contributed by atoms with van der Waals surface area (Å²) in [5.74, 6) is -0.266. The molecule has 24 heavy (non-hydrogen) atoms. The van der Waals surface area contributed by atoms with E-state index in [4.69, 9.17) is 5.73 Å². The molecule has 2 amide bonds. The van der Waals surface area contributed by atoms with E-state index in [2.05, 4.69) is 15.6 Å². The summed E-state index contributed by atoms with van der Waals surface area (Å²) >= 11 is 0. The van der Waals surface area contributed by atoms with Gasteiger partial charge in [-0.15, -0.1) is 0 Å². The number of H-pyrrole nitrogens is 1. The molecule has 1 unspecified atom stereocenters. The summed E-state index contributed by atoms with van der Waals surface area (Å²) in [4.78, 5) is 27.4. The summed E-state index contributed by atoms with van der Waals surface area (Å²) in [7, 11) is 0. The summed E-state index contributed by atoms with van der Waals surface area (Å²) in [6, 6.07) is 4.34. The Morgan fingerprint density at radius 2 is 2.17 bits per heavy atom. The van der Waals surface area contributed by atoms with Crippen LogP contribution in [-0.2, 0) is 16.0 Å². The van der Waals surface area contributed by atoms with Gasteiger partial charge in [0, 0.05) is 36.5 Å². The second-order valence-electron chi connectivity index (χ2n) is 5.65. The highest BCUT2D eigenvalue weighted by atomic mass is 16.3. The summed E-state index contributed by atoms with van der Waals surface area (Å²) in [5.41, 5.74) is 7.14. The minimum Gasteiger partial charge on any atom is -0.508 e. The Hall–Kier alpha value is -2.54. The molecule has 0 spiro atoms. The van der Waals surface area contributed by atoms with E-state index in [1.165, 1.54) is 0 Å². The lowest BCUT2D eigenvalue weighted by Crippen LogP contribution is -2.48. The molecule has 1 atom stereocenters. The van der Waals surface area contributed by atoms with E-state index >= 15 is 0 Å². The van der Waals surface area contributed by atoms with Crippen LogP contribution in [0.2, 0.25) is 0 Å². The molecule has 0 aliphatic heterocycles. The molecule has 0 radical (unpaired) electrons. The molecular formula is C17H24N4O3. The van der Waals surface area contributed by atoms with Crippen LogP contribution >= 0.6 is 0 Å². The van der Waals surface area contributed by atoms with Crippen LogP contribution in [0.4, 0.5) is 0 Å². The number of aromatic hydroxyl groups is 1. The maximum absolute atomic E-state index is 12.3. The maximum atomic E-state index is 12.3. The molecule has 0 bridgehead atoms. The lowest BCUT2D eigenvalue weighted by molar-refractivity contribution is -0.129. The van der Waals surface area contributed by atoms with Crippen molar-refractivity contribution in [1.29, 1.82) is 0 Å². The van der Waals surface area contributed by atoms with Gasteiger partial charge >= 0.3 is 0 Å². The highest BCUT2D eigenvalue weighted by Gasteiger charge is 2.22. The third-order valence-electron chi connectivity index (χ3n) is 3.79. The minimum absolute atomic E-state index is 0.157. The van der Waals surface area contributed by atoms with Gasteiger partial charge in [-0.2, -0.15) is 0 Å². The van der Waals surface area contributed by atoms with Crippen LogP contribution in [0, 0.1) is 0 Å². The van der Waals surface area contributed by atoms with Crippen molar-refractivity contribution in [3.8, 4) is 5.75 Å².